The number of para-hydroxylation sites is 2. The average molecular weight is 447 g/mol. The molecular weight excluding hydrogens is 430 g/mol. The van der Waals surface area contributed by atoms with Crippen LogP contribution in [0.25, 0.3) is 23.1 Å². The van der Waals surface area contributed by atoms with E-state index in [1.807, 2.05) is 12.1 Å². The summed E-state index contributed by atoms with van der Waals surface area (Å²) in [6.45, 7) is -0.164. The first-order chi connectivity index (χ1) is 16.0. The summed E-state index contributed by atoms with van der Waals surface area (Å²) in [6, 6.07) is 13.4. The van der Waals surface area contributed by atoms with Crippen LogP contribution in [0.3, 0.4) is 0 Å². The summed E-state index contributed by atoms with van der Waals surface area (Å²) in [5.41, 5.74) is 1.37. The third kappa shape index (κ3) is 4.46. The summed E-state index contributed by atoms with van der Waals surface area (Å²) < 4.78 is 6.60. The van der Waals surface area contributed by atoms with Crippen molar-refractivity contribution in [2.24, 2.45) is 0 Å². The monoisotopic (exact) mass is 447 g/mol. The normalized spacial score (nSPS) is 11.2. The quantitative estimate of drug-likeness (QED) is 0.242. The van der Waals surface area contributed by atoms with Crippen molar-refractivity contribution >= 4 is 40.5 Å². The van der Waals surface area contributed by atoms with E-state index >= 15 is 0 Å². The van der Waals surface area contributed by atoms with Crippen molar-refractivity contribution in [3.8, 4) is 0 Å². The van der Waals surface area contributed by atoms with Crippen LogP contribution in [0, 0.1) is 20.2 Å². The molecule has 0 fully saturated rings. The highest BCUT2D eigenvalue weighted by Crippen LogP contribution is 2.22. The van der Waals surface area contributed by atoms with Crippen LogP contribution in [0.4, 0.5) is 11.5 Å². The molecule has 2 heterocycles. The molecule has 2 aromatic carbocycles. The molecule has 0 spiro atoms. The number of fused-ring (bicyclic) bond motifs is 1. The van der Waals surface area contributed by atoms with Gasteiger partial charge in [0.2, 0.25) is 5.82 Å². The lowest BCUT2D eigenvalue weighted by Gasteiger charge is -2.05. The molecule has 0 bridgehead atoms. The fourth-order valence-electron chi connectivity index (χ4n) is 3.40. The number of carbonyl (C=O) groups excluding carboxylic acids is 1. The molecule has 0 amide bonds. The van der Waals surface area contributed by atoms with E-state index in [-0.39, 0.29) is 30.5 Å². The van der Waals surface area contributed by atoms with Crippen molar-refractivity contribution in [1.82, 2.24) is 14.5 Å². The second kappa shape index (κ2) is 9.14. The SMILES string of the molecule is O=C(OCCn1c([N+](=O)[O-])cnc1/C=C\c1ccccc1[N+](=O)[O-])c1c[nH]c2ccccc12. The summed E-state index contributed by atoms with van der Waals surface area (Å²) >= 11 is 0. The number of benzene rings is 2. The Hall–Kier alpha value is -4.80. The van der Waals surface area contributed by atoms with Gasteiger partial charge >= 0.3 is 11.8 Å². The Kier molecular flexibility index (Phi) is 5.94. The number of nitro benzene ring substituents is 1. The lowest BCUT2D eigenvalue weighted by atomic mass is 10.1. The number of nitrogens with zero attached hydrogens (tertiary/aromatic N) is 4. The molecule has 0 saturated carbocycles. The summed E-state index contributed by atoms with van der Waals surface area (Å²) in [5, 5.41) is 23.3. The van der Waals surface area contributed by atoms with Gasteiger partial charge in [0.05, 0.1) is 16.1 Å². The van der Waals surface area contributed by atoms with Gasteiger partial charge in [0, 0.05) is 29.2 Å². The number of imidazole rings is 1. The Balaban J connectivity index is 1.52. The fourth-order valence-corrected chi connectivity index (χ4v) is 3.40. The van der Waals surface area contributed by atoms with E-state index in [1.54, 1.807) is 36.5 Å². The number of hydrogen-bond acceptors (Lipinski definition) is 7. The van der Waals surface area contributed by atoms with Crippen molar-refractivity contribution in [3.63, 3.8) is 0 Å². The first kappa shape index (κ1) is 21.4. The number of carbonyl (C=O) groups is 1. The maximum atomic E-state index is 12.5. The Morgan fingerprint density at radius 3 is 2.61 bits per heavy atom. The maximum Gasteiger partial charge on any atom is 0.343 e. The molecule has 0 aliphatic carbocycles. The molecule has 4 rings (SSSR count). The third-order valence-electron chi connectivity index (χ3n) is 4.96. The maximum absolute atomic E-state index is 12.5. The van der Waals surface area contributed by atoms with Crippen LogP contribution >= 0.6 is 0 Å². The lowest BCUT2D eigenvalue weighted by molar-refractivity contribution is -0.392. The predicted molar refractivity (Wildman–Crippen MR) is 119 cm³/mol. The van der Waals surface area contributed by atoms with Crippen LogP contribution in [0.1, 0.15) is 21.7 Å². The van der Waals surface area contributed by atoms with Crippen molar-refractivity contribution < 1.29 is 19.4 Å². The number of rotatable bonds is 8. The Morgan fingerprint density at radius 2 is 1.82 bits per heavy atom. The van der Waals surface area contributed by atoms with E-state index < -0.39 is 15.8 Å². The summed E-state index contributed by atoms with van der Waals surface area (Å²) in [5.74, 6) is -0.657. The van der Waals surface area contributed by atoms with Gasteiger partial charge in [0.25, 0.3) is 5.69 Å². The van der Waals surface area contributed by atoms with Gasteiger partial charge in [-0.05, 0) is 23.1 Å². The van der Waals surface area contributed by atoms with Gasteiger partial charge in [0.1, 0.15) is 19.3 Å². The van der Waals surface area contributed by atoms with Crippen LogP contribution in [-0.2, 0) is 11.3 Å². The van der Waals surface area contributed by atoms with Gasteiger partial charge in [0.15, 0.2) is 0 Å². The lowest BCUT2D eigenvalue weighted by Crippen LogP contribution is -2.13. The van der Waals surface area contributed by atoms with Crippen LogP contribution < -0.4 is 0 Å². The summed E-state index contributed by atoms with van der Waals surface area (Å²) in [4.78, 5) is 41.0. The fraction of sp³-hybridized carbons (Fsp3) is 0.0909. The molecule has 0 saturated heterocycles. The molecule has 0 radical (unpaired) electrons. The number of hydrogen-bond donors (Lipinski definition) is 1. The zero-order chi connectivity index (χ0) is 23.4. The van der Waals surface area contributed by atoms with E-state index in [0.29, 0.717) is 16.5 Å². The Morgan fingerprint density at radius 1 is 1.06 bits per heavy atom. The van der Waals surface area contributed by atoms with Crippen LogP contribution in [0.2, 0.25) is 0 Å². The number of H-pyrrole nitrogens is 1. The van der Waals surface area contributed by atoms with Gasteiger partial charge in [-0.2, -0.15) is 0 Å². The molecule has 11 nitrogen and oxygen atoms in total. The van der Waals surface area contributed by atoms with Crippen LogP contribution in [0.5, 0.6) is 0 Å². The minimum atomic E-state index is -0.600. The smallest absolute Gasteiger partial charge is 0.343 e. The molecule has 0 aliphatic heterocycles. The number of ether oxygens (including phenoxy) is 1. The molecule has 2 aromatic heterocycles. The highest BCUT2D eigenvalue weighted by atomic mass is 16.6. The molecule has 1 N–H and O–H groups in total. The molecule has 166 valence electrons. The summed E-state index contributed by atoms with van der Waals surface area (Å²) in [6.07, 6.45) is 5.53. The van der Waals surface area contributed by atoms with Crippen molar-refractivity contribution in [2.75, 3.05) is 6.61 Å². The number of esters is 1. The van der Waals surface area contributed by atoms with Gasteiger partial charge in [-0.15, -0.1) is 0 Å². The first-order valence-corrected chi connectivity index (χ1v) is 9.80. The Bertz CT molecular complexity index is 1390. The van der Waals surface area contributed by atoms with Crippen molar-refractivity contribution in [1.29, 1.82) is 0 Å². The largest absolute Gasteiger partial charge is 0.458 e. The standard InChI is InChI=1S/C22H17N5O6/c28-22(17-13-23-18-7-3-2-6-16(17)18)33-12-11-25-20(24-14-21(25)27(31)32)10-9-15-5-1-4-8-19(15)26(29)30/h1-10,13-14,23H,11-12H2/b10-9-. The van der Waals surface area contributed by atoms with Gasteiger partial charge < -0.3 is 19.8 Å². The van der Waals surface area contributed by atoms with E-state index in [4.69, 9.17) is 4.74 Å². The number of aromatic nitrogens is 3. The van der Waals surface area contributed by atoms with Gasteiger partial charge in [-0.25, -0.2) is 14.3 Å². The van der Waals surface area contributed by atoms with E-state index in [2.05, 4.69) is 9.97 Å². The molecule has 0 aliphatic rings. The molecule has 11 heteroatoms. The minimum absolute atomic E-state index is 0.0268. The van der Waals surface area contributed by atoms with Crippen molar-refractivity contribution in [3.05, 3.63) is 98.1 Å². The van der Waals surface area contributed by atoms with Crippen LogP contribution in [0.15, 0.2) is 60.9 Å². The average Bonchev–Trinajstić information content (AvgIpc) is 3.42. The highest BCUT2D eigenvalue weighted by molar-refractivity contribution is 6.03. The zero-order valence-electron chi connectivity index (χ0n) is 17.1. The second-order valence-electron chi connectivity index (χ2n) is 6.92. The minimum Gasteiger partial charge on any atom is -0.458 e. The molecule has 0 atom stereocenters. The topological polar surface area (TPSA) is 146 Å². The molecule has 4 aromatic rings. The van der Waals surface area contributed by atoms with Crippen molar-refractivity contribution in [2.45, 2.75) is 6.54 Å². The van der Waals surface area contributed by atoms with Crippen LogP contribution in [-0.4, -0.2) is 37.0 Å². The first-order valence-electron chi connectivity index (χ1n) is 9.80. The predicted octanol–water partition coefficient (Wildman–Crippen LogP) is 4.21. The van der Waals surface area contributed by atoms with Gasteiger partial charge in [-0.3, -0.25) is 10.1 Å². The van der Waals surface area contributed by atoms with E-state index in [9.17, 15) is 25.0 Å². The number of aromatic amines is 1. The number of nitrogens with one attached hydrogen (secondary N) is 1. The Labute approximate surface area is 186 Å². The highest BCUT2D eigenvalue weighted by Gasteiger charge is 2.20. The molecule has 33 heavy (non-hydrogen) atoms. The number of nitro groups is 2. The molecular formula is C22H17N5O6. The zero-order valence-corrected chi connectivity index (χ0v) is 17.1. The van der Waals surface area contributed by atoms with E-state index in [1.165, 1.54) is 22.8 Å². The summed E-state index contributed by atoms with van der Waals surface area (Å²) in [7, 11) is 0. The van der Waals surface area contributed by atoms with E-state index in [0.717, 1.165) is 11.7 Å². The molecule has 0 unspecified atom stereocenters. The van der Waals surface area contributed by atoms with Gasteiger partial charge in [-0.1, -0.05) is 30.3 Å². The second-order valence-corrected chi connectivity index (χ2v) is 6.92. The third-order valence-corrected chi connectivity index (χ3v) is 4.96.